The van der Waals surface area contributed by atoms with Crippen LogP contribution in [-0.2, 0) is 6.54 Å². The zero-order chi connectivity index (χ0) is 9.97. The number of hydrogen-bond acceptors (Lipinski definition) is 4. The van der Waals surface area contributed by atoms with Gasteiger partial charge < -0.3 is 5.73 Å². The smallest absolute Gasteiger partial charge is 0.107 e. The summed E-state index contributed by atoms with van der Waals surface area (Å²) < 4.78 is 0. The van der Waals surface area contributed by atoms with Gasteiger partial charge in [0.25, 0.3) is 0 Å². The Kier molecular flexibility index (Phi) is 4.99. The molecule has 1 aromatic rings. The maximum Gasteiger partial charge on any atom is 0.107 e. The molecular weight excluding hydrogens is 230 g/mol. The summed E-state index contributed by atoms with van der Waals surface area (Å²) in [5, 5.41) is 3.35. The lowest BCUT2D eigenvalue weighted by molar-refractivity contribution is 0.317. The minimum absolute atomic E-state index is 0. The van der Waals surface area contributed by atoms with Gasteiger partial charge in [-0.1, -0.05) is 0 Å². The summed E-state index contributed by atoms with van der Waals surface area (Å²) in [6.45, 7) is 6.21. The summed E-state index contributed by atoms with van der Waals surface area (Å²) in [7, 11) is 0. The van der Waals surface area contributed by atoms with Gasteiger partial charge in [0.15, 0.2) is 0 Å². The predicted molar refractivity (Wildman–Crippen MR) is 66.5 cm³/mol. The zero-order valence-electron chi connectivity index (χ0n) is 8.98. The summed E-state index contributed by atoms with van der Waals surface area (Å²) in [6.07, 6.45) is 1.25. The van der Waals surface area contributed by atoms with Gasteiger partial charge in [-0.15, -0.1) is 23.7 Å². The second kappa shape index (κ2) is 5.80. The van der Waals surface area contributed by atoms with Gasteiger partial charge >= 0.3 is 0 Å². The van der Waals surface area contributed by atoms with Crippen LogP contribution in [-0.4, -0.2) is 29.5 Å². The zero-order valence-corrected chi connectivity index (χ0v) is 10.6. The maximum absolute atomic E-state index is 5.65. The maximum atomic E-state index is 5.65. The van der Waals surface area contributed by atoms with E-state index in [1.807, 2.05) is 6.92 Å². The quantitative estimate of drug-likeness (QED) is 0.883. The Morgan fingerprint density at radius 3 is 3.00 bits per heavy atom. The van der Waals surface area contributed by atoms with Gasteiger partial charge in [0.2, 0.25) is 0 Å². The first-order valence-electron chi connectivity index (χ1n) is 5.11. The van der Waals surface area contributed by atoms with Crippen molar-refractivity contribution in [1.29, 1.82) is 0 Å². The molecule has 0 spiro atoms. The highest BCUT2D eigenvalue weighted by atomic mass is 35.5. The number of nitrogens with zero attached hydrogens (tertiary/aromatic N) is 2. The first-order chi connectivity index (χ1) is 6.78. The lowest BCUT2D eigenvalue weighted by atomic mass is 10.1. The van der Waals surface area contributed by atoms with Crippen LogP contribution in [0.1, 0.15) is 17.1 Å². The van der Waals surface area contributed by atoms with Crippen LogP contribution in [0.4, 0.5) is 0 Å². The molecule has 1 aliphatic rings. The summed E-state index contributed by atoms with van der Waals surface area (Å²) in [6, 6.07) is 0. The average molecular weight is 248 g/mol. The molecule has 2 N–H and O–H groups in total. The Bertz CT molecular complexity index is 303. The molecule has 1 aromatic heterocycles. The van der Waals surface area contributed by atoms with Crippen molar-refractivity contribution in [3.05, 3.63) is 16.1 Å². The minimum Gasteiger partial charge on any atom is -0.330 e. The number of thiazole rings is 1. The second-order valence-corrected chi connectivity index (χ2v) is 4.95. The number of rotatable bonds is 3. The van der Waals surface area contributed by atoms with Gasteiger partial charge in [-0.3, -0.25) is 4.90 Å². The molecular formula is C10H18ClN3S. The SMILES string of the molecule is Cc1csc(CN2CCC(CN)C2)n1.Cl. The van der Waals surface area contributed by atoms with E-state index < -0.39 is 0 Å². The molecule has 1 unspecified atom stereocenters. The van der Waals surface area contributed by atoms with Crippen LogP contribution in [0.5, 0.6) is 0 Å². The number of halogens is 1. The molecule has 3 nitrogen and oxygen atoms in total. The minimum atomic E-state index is 0. The molecule has 15 heavy (non-hydrogen) atoms. The van der Waals surface area contributed by atoms with Crippen molar-refractivity contribution in [2.45, 2.75) is 19.9 Å². The molecule has 86 valence electrons. The molecule has 5 heteroatoms. The van der Waals surface area contributed by atoms with Crippen LogP contribution in [0.2, 0.25) is 0 Å². The fraction of sp³-hybridized carbons (Fsp3) is 0.700. The molecule has 0 bridgehead atoms. The van der Waals surface area contributed by atoms with E-state index in [9.17, 15) is 0 Å². The second-order valence-electron chi connectivity index (χ2n) is 4.01. The van der Waals surface area contributed by atoms with E-state index in [1.165, 1.54) is 18.0 Å². The lowest BCUT2D eigenvalue weighted by Gasteiger charge is -2.13. The van der Waals surface area contributed by atoms with Gasteiger partial charge in [-0.2, -0.15) is 0 Å². The number of hydrogen-bond donors (Lipinski definition) is 1. The van der Waals surface area contributed by atoms with Crippen LogP contribution in [0, 0.1) is 12.8 Å². The van der Waals surface area contributed by atoms with E-state index in [0.717, 1.165) is 25.3 Å². The van der Waals surface area contributed by atoms with E-state index in [0.29, 0.717) is 5.92 Å². The highest BCUT2D eigenvalue weighted by Gasteiger charge is 2.21. The topological polar surface area (TPSA) is 42.1 Å². The number of likely N-dealkylation sites (tertiary alicyclic amines) is 1. The van der Waals surface area contributed by atoms with Gasteiger partial charge in [0, 0.05) is 17.6 Å². The first-order valence-corrected chi connectivity index (χ1v) is 5.99. The van der Waals surface area contributed by atoms with Crippen LogP contribution in [0.15, 0.2) is 5.38 Å². The Morgan fingerprint density at radius 2 is 2.47 bits per heavy atom. The summed E-state index contributed by atoms with van der Waals surface area (Å²) in [5.74, 6) is 0.705. The molecule has 1 saturated heterocycles. The molecule has 0 aromatic carbocycles. The van der Waals surface area contributed by atoms with Crippen LogP contribution in [0.25, 0.3) is 0 Å². The Hall–Kier alpha value is -0.160. The summed E-state index contributed by atoms with van der Waals surface area (Å²) in [5.41, 5.74) is 6.79. The van der Waals surface area contributed by atoms with Crippen molar-refractivity contribution < 1.29 is 0 Å². The highest BCUT2D eigenvalue weighted by Crippen LogP contribution is 2.19. The van der Waals surface area contributed by atoms with Gasteiger partial charge in [0.1, 0.15) is 5.01 Å². The highest BCUT2D eigenvalue weighted by molar-refractivity contribution is 7.09. The molecule has 0 radical (unpaired) electrons. The predicted octanol–water partition coefficient (Wildman–Crippen LogP) is 1.65. The van der Waals surface area contributed by atoms with Crippen LogP contribution >= 0.6 is 23.7 Å². The molecule has 1 fully saturated rings. The lowest BCUT2D eigenvalue weighted by Crippen LogP contribution is -2.22. The fourth-order valence-electron chi connectivity index (χ4n) is 1.92. The fourth-order valence-corrected chi connectivity index (χ4v) is 2.73. The molecule has 2 heterocycles. The molecule has 0 saturated carbocycles. The third-order valence-corrected chi connectivity index (χ3v) is 3.68. The van der Waals surface area contributed by atoms with Gasteiger partial charge in [0.05, 0.1) is 6.54 Å². The van der Waals surface area contributed by atoms with Crippen molar-refractivity contribution in [1.82, 2.24) is 9.88 Å². The molecule has 1 aliphatic heterocycles. The standard InChI is InChI=1S/C10H17N3S.ClH/c1-8-7-14-10(12-8)6-13-3-2-9(4-11)5-13;/h7,9H,2-6,11H2,1H3;1H. The average Bonchev–Trinajstić information content (AvgIpc) is 2.76. The largest absolute Gasteiger partial charge is 0.330 e. The summed E-state index contributed by atoms with van der Waals surface area (Å²) in [4.78, 5) is 6.92. The first kappa shape index (κ1) is 12.9. The Balaban J connectivity index is 0.00000112. The molecule has 0 aliphatic carbocycles. The van der Waals surface area contributed by atoms with E-state index in [4.69, 9.17) is 5.73 Å². The normalized spacial score (nSPS) is 21.6. The number of nitrogens with two attached hydrogens (primary N) is 1. The van der Waals surface area contributed by atoms with E-state index >= 15 is 0 Å². The van der Waals surface area contributed by atoms with Crippen molar-refractivity contribution >= 4 is 23.7 Å². The molecule has 1 atom stereocenters. The van der Waals surface area contributed by atoms with E-state index in [-0.39, 0.29) is 12.4 Å². The van der Waals surface area contributed by atoms with Crippen molar-refractivity contribution in [3.8, 4) is 0 Å². The van der Waals surface area contributed by atoms with Gasteiger partial charge in [-0.05, 0) is 32.4 Å². The van der Waals surface area contributed by atoms with Crippen LogP contribution in [0.3, 0.4) is 0 Å². The van der Waals surface area contributed by atoms with Crippen molar-refractivity contribution in [3.63, 3.8) is 0 Å². The molecule has 0 amide bonds. The van der Waals surface area contributed by atoms with E-state index in [1.54, 1.807) is 11.3 Å². The monoisotopic (exact) mass is 247 g/mol. The third kappa shape index (κ3) is 3.41. The Labute approximate surface area is 101 Å². The van der Waals surface area contributed by atoms with Crippen molar-refractivity contribution in [2.24, 2.45) is 11.7 Å². The number of aromatic nitrogens is 1. The Morgan fingerprint density at radius 1 is 1.67 bits per heavy atom. The van der Waals surface area contributed by atoms with Crippen molar-refractivity contribution in [2.75, 3.05) is 19.6 Å². The third-order valence-electron chi connectivity index (χ3n) is 2.73. The van der Waals surface area contributed by atoms with Crippen LogP contribution < -0.4 is 5.73 Å². The molecule has 2 rings (SSSR count). The summed E-state index contributed by atoms with van der Waals surface area (Å²) >= 11 is 1.76. The van der Waals surface area contributed by atoms with E-state index in [2.05, 4.69) is 15.3 Å². The number of aryl methyl sites for hydroxylation is 1. The van der Waals surface area contributed by atoms with Gasteiger partial charge in [-0.25, -0.2) is 4.98 Å².